The van der Waals surface area contributed by atoms with E-state index in [0.29, 0.717) is 5.69 Å². The van der Waals surface area contributed by atoms with Gasteiger partial charge in [0.15, 0.2) is 0 Å². The van der Waals surface area contributed by atoms with Gasteiger partial charge in [-0.05, 0) is 41.7 Å². The van der Waals surface area contributed by atoms with Crippen molar-refractivity contribution in [1.82, 2.24) is 0 Å². The number of halogens is 1. The monoisotopic (exact) mass is 259 g/mol. The molecule has 0 aromatic heterocycles. The second kappa shape index (κ2) is 5.45. The number of aryl methyl sites for hydroxylation is 2. The molecule has 0 unspecified atom stereocenters. The first-order valence-electron chi connectivity index (χ1n) is 6.33. The molecule has 0 aliphatic carbocycles. The van der Waals surface area contributed by atoms with E-state index in [9.17, 15) is 0 Å². The predicted molar refractivity (Wildman–Crippen MR) is 80.1 cm³/mol. The fourth-order valence-electron chi connectivity index (χ4n) is 2.15. The van der Waals surface area contributed by atoms with Crippen LogP contribution in [-0.2, 0) is 12.8 Å². The molecule has 0 aliphatic heterocycles. The van der Waals surface area contributed by atoms with Gasteiger partial charge in [-0.3, -0.25) is 0 Å². The zero-order valence-corrected chi connectivity index (χ0v) is 11.6. The Labute approximate surface area is 114 Å². The molecule has 0 saturated carbocycles. The summed E-state index contributed by atoms with van der Waals surface area (Å²) in [7, 11) is 0. The normalized spacial score (nSPS) is 10.6. The summed E-state index contributed by atoms with van der Waals surface area (Å²) < 4.78 is 0. The molecule has 2 rings (SSSR count). The minimum atomic E-state index is 0.702. The van der Waals surface area contributed by atoms with Gasteiger partial charge in [0.05, 0.1) is 5.02 Å². The minimum Gasteiger partial charge on any atom is -0.399 e. The van der Waals surface area contributed by atoms with E-state index in [4.69, 9.17) is 17.3 Å². The van der Waals surface area contributed by atoms with Gasteiger partial charge < -0.3 is 5.73 Å². The summed E-state index contributed by atoms with van der Waals surface area (Å²) in [5.74, 6) is 0. The molecule has 0 heterocycles. The van der Waals surface area contributed by atoms with Gasteiger partial charge >= 0.3 is 0 Å². The Morgan fingerprint density at radius 1 is 0.944 bits per heavy atom. The van der Waals surface area contributed by atoms with Gasteiger partial charge in [0.2, 0.25) is 0 Å². The third-order valence-corrected chi connectivity index (χ3v) is 3.56. The molecule has 0 amide bonds. The second-order valence-electron chi connectivity index (χ2n) is 4.44. The Balaban J connectivity index is 2.60. The van der Waals surface area contributed by atoms with E-state index < -0.39 is 0 Å². The van der Waals surface area contributed by atoms with Gasteiger partial charge in [0, 0.05) is 11.3 Å². The molecular formula is C16H18ClN. The summed E-state index contributed by atoms with van der Waals surface area (Å²) in [6.07, 6.45) is 2.03. The number of nitrogens with two attached hydrogens (primary N) is 1. The van der Waals surface area contributed by atoms with Gasteiger partial charge in [-0.2, -0.15) is 0 Å². The van der Waals surface area contributed by atoms with Crippen LogP contribution in [0.2, 0.25) is 5.02 Å². The van der Waals surface area contributed by atoms with Crippen LogP contribution in [0.3, 0.4) is 0 Å². The summed E-state index contributed by atoms with van der Waals surface area (Å²) in [5.41, 5.74) is 11.4. The summed E-state index contributed by atoms with van der Waals surface area (Å²) in [6.45, 7) is 4.32. The van der Waals surface area contributed by atoms with Gasteiger partial charge in [-0.15, -0.1) is 0 Å². The molecule has 0 saturated heterocycles. The first-order chi connectivity index (χ1) is 8.65. The molecule has 0 fully saturated rings. The smallest absolute Gasteiger partial charge is 0.0504 e. The molecule has 1 nitrogen and oxygen atoms in total. The highest BCUT2D eigenvalue weighted by atomic mass is 35.5. The van der Waals surface area contributed by atoms with Crippen molar-refractivity contribution < 1.29 is 0 Å². The maximum Gasteiger partial charge on any atom is 0.0504 e. The van der Waals surface area contributed by atoms with Crippen LogP contribution in [0.4, 0.5) is 5.69 Å². The van der Waals surface area contributed by atoms with Crippen LogP contribution < -0.4 is 5.73 Å². The van der Waals surface area contributed by atoms with Crippen LogP contribution in [0.25, 0.3) is 11.1 Å². The molecule has 18 heavy (non-hydrogen) atoms. The molecule has 2 heteroatoms. The van der Waals surface area contributed by atoms with Crippen LogP contribution in [0.15, 0.2) is 36.4 Å². The lowest BCUT2D eigenvalue weighted by Gasteiger charge is -2.12. The highest BCUT2D eigenvalue weighted by Crippen LogP contribution is 2.33. The largest absolute Gasteiger partial charge is 0.399 e. The molecule has 0 aliphatic rings. The minimum absolute atomic E-state index is 0.702. The average molecular weight is 260 g/mol. The van der Waals surface area contributed by atoms with Crippen molar-refractivity contribution in [2.24, 2.45) is 0 Å². The number of hydrogen-bond acceptors (Lipinski definition) is 1. The number of benzene rings is 2. The van der Waals surface area contributed by atoms with E-state index in [1.54, 1.807) is 0 Å². The molecule has 2 aromatic carbocycles. The summed E-state index contributed by atoms with van der Waals surface area (Å²) in [4.78, 5) is 0. The van der Waals surface area contributed by atoms with Crippen molar-refractivity contribution in [3.8, 4) is 11.1 Å². The average Bonchev–Trinajstić information content (AvgIpc) is 2.38. The lowest BCUT2D eigenvalue weighted by atomic mass is 9.95. The fourth-order valence-corrected chi connectivity index (χ4v) is 2.44. The zero-order chi connectivity index (χ0) is 13.1. The third-order valence-electron chi connectivity index (χ3n) is 3.25. The summed E-state index contributed by atoms with van der Waals surface area (Å²) in [5, 5.41) is 0.720. The summed E-state index contributed by atoms with van der Waals surface area (Å²) >= 11 is 6.31. The maximum atomic E-state index is 6.31. The Bertz CT molecular complexity index is 561. The third kappa shape index (κ3) is 2.51. The lowest BCUT2D eigenvalue weighted by Crippen LogP contribution is -1.92. The number of hydrogen-bond donors (Lipinski definition) is 1. The molecule has 2 aromatic rings. The SMILES string of the molecule is CCc1ccc(CC)c(-c2ccc(N)cc2Cl)c1. The van der Waals surface area contributed by atoms with Gasteiger partial charge in [0.25, 0.3) is 0 Å². The fraction of sp³-hybridized carbons (Fsp3) is 0.250. The van der Waals surface area contributed by atoms with Crippen molar-refractivity contribution in [2.75, 3.05) is 5.73 Å². The lowest BCUT2D eigenvalue weighted by molar-refractivity contribution is 1.10. The Morgan fingerprint density at radius 2 is 1.72 bits per heavy atom. The van der Waals surface area contributed by atoms with Crippen molar-refractivity contribution in [3.05, 3.63) is 52.5 Å². The van der Waals surface area contributed by atoms with Crippen LogP contribution >= 0.6 is 11.6 Å². The Kier molecular flexibility index (Phi) is 3.93. The molecule has 0 radical (unpaired) electrons. The van der Waals surface area contributed by atoms with E-state index in [1.165, 1.54) is 16.7 Å². The molecule has 94 valence electrons. The van der Waals surface area contributed by atoms with Crippen molar-refractivity contribution in [1.29, 1.82) is 0 Å². The van der Waals surface area contributed by atoms with Crippen LogP contribution in [0.5, 0.6) is 0 Å². The van der Waals surface area contributed by atoms with Crippen molar-refractivity contribution in [2.45, 2.75) is 26.7 Å². The van der Waals surface area contributed by atoms with Gasteiger partial charge in [-0.25, -0.2) is 0 Å². The zero-order valence-electron chi connectivity index (χ0n) is 10.8. The maximum absolute atomic E-state index is 6.31. The second-order valence-corrected chi connectivity index (χ2v) is 4.85. The summed E-state index contributed by atoms with van der Waals surface area (Å²) in [6, 6.07) is 12.3. The van der Waals surface area contributed by atoms with Crippen LogP contribution in [-0.4, -0.2) is 0 Å². The van der Waals surface area contributed by atoms with Crippen LogP contribution in [0.1, 0.15) is 25.0 Å². The van der Waals surface area contributed by atoms with Crippen LogP contribution in [0, 0.1) is 0 Å². The van der Waals surface area contributed by atoms with Gasteiger partial charge in [-0.1, -0.05) is 49.7 Å². The van der Waals surface area contributed by atoms with E-state index in [-0.39, 0.29) is 0 Å². The number of rotatable bonds is 3. The first-order valence-corrected chi connectivity index (χ1v) is 6.70. The quantitative estimate of drug-likeness (QED) is 0.794. The van der Waals surface area contributed by atoms with Gasteiger partial charge in [0.1, 0.15) is 0 Å². The van der Waals surface area contributed by atoms with E-state index >= 15 is 0 Å². The molecule has 2 N–H and O–H groups in total. The standard InChI is InChI=1S/C16H18ClN/c1-3-11-5-6-12(4-2)15(9-11)14-8-7-13(18)10-16(14)17/h5-10H,3-4,18H2,1-2H3. The highest BCUT2D eigenvalue weighted by molar-refractivity contribution is 6.33. The van der Waals surface area contributed by atoms with E-state index in [2.05, 4.69) is 32.0 Å². The number of anilines is 1. The molecule has 0 atom stereocenters. The molecular weight excluding hydrogens is 242 g/mol. The van der Waals surface area contributed by atoms with E-state index in [0.717, 1.165) is 23.4 Å². The highest BCUT2D eigenvalue weighted by Gasteiger charge is 2.09. The topological polar surface area (TPSA) is 26.0 Å². The Hall–Kier alpha value is -1.47. The van der Waals surface area contributed by atoms with Crippen molar-refractivity contribution in [3.63, 3.8) is 0 Å². The molecule has 0 spiro atoms. The first kappa shape index (κ1) is 13.0. The predicted octanol–water partition coefficient (Wildman–Crippen LogP) is 4.71. The van der Waals surface area contributed by atoms with Crippen molar-refractivity contribution >= 4 is 17.3 Å². The Morgan fingerprint density at radius 3 is 2.33 bits per heavy atom. The van der Waals surface area contributed by atoms with E-state index in [1.807, 2.05) is 18.2 Å². The molecule has 0 bridgehead atoms. The number of nitrogen functional groups attached to an aromatic ring is 1.